The first-order valence-electron chi connectivity index (χ1n) is 10.1. The van der Waals surface area contributed by atoms with Gasteiger partial charge in [0.05, 0.1) is 32.7 Å². The fraction of sp³-hybridized carbons (Fsp3) is 0.409. The van der Waals surface area contributed by atoms with Crippen LogP contribution in [0.5, 0.6) is 17.2 Å². The van der Waals surface area contributed by atoms with Gasteiger partial charge in [-0.25, -0.2) is 9.97 Å². The minimum absolute atomic E-state index is 0.0258. The van der Waals surface area contributed by atoms with Crippen LogP contribution >= 0.6 is 11.8 Å². The molecule has 0 fully saturated rings. The Kier molecular flexibility index (Phi) is 6.22. The van der Waals surface area contributed by atoms with E-state index in [1.165, 1.54) is 11.8 Å². The lowest BCUT2D eigenvalue weighted by molar-refractivity contribution is 0.324. The number of benzene rings is 1. The van der Waals surface area contributed by atoms with Crippen molar-refractivity contribution in [2.75, 3.05) is 21.3 Å². The van der Waals surface area contributed by atoms with E-state index in [0.717, 1.165) is 42.6 Å². The van der Waals surface area contributed by atoms with Gasteiger partial charge in [0.1, 0.15) is 5.76 Å². The number of aromatic nitrogens is 3. The van der Waals surface area contributed by atoms with Crippen LogP contribution in [0.1, 0.15) is 35.6 Å². The second-order valence-electron chi connectivity index (χ2n) is 7.23. The van der Waals surface area contributed by atoms with Gasteiger partial charge in [-0.2, -0.15) is 0 Å². The number of rotatable bonds is 7. The number of aryl methyl sites for hydroxylation is 2. The van der Waals surface area contributed by atoms with Crippen LogP contribution in [-0.4, -0.2) is 36.3 Å². The molecule has 4 rings (SSSR count). The maximum absolute atomic E-state index is 12.3. The van der Waals surface area contributed by atoms with E-state index >= 15 is 0 Å². The minimum atomic E-state index is -0.0258. The highest BCUT2D eigenvalue weighted by atomic mass is 32.2. The topological polar surface area (TPSA) is 99.5 Å². The van der Waals surface area contributed by atoms with Gasteiger partial charge in [0.15, 0.2) is 16.7 Å². The lowest BCUT2D eigenvalue weighted by atomic mass is 9.97. The summed E-state index contributed by atoms with van der Waals surface area (Å²) in [6.45, 7) is 1.87. The Morgan fingerprint density at radius 3 is 2.45 bits per heavy atom. The van der Waals surface area contributed by atoms with Crippen molar-refractivity contribution in [3.8, 4) is 28.7 Å². The summed E-state index contributed by atoms with van der Waals surface area (Å²) < 4.78 is 22.1. The average molecular weight is 444 g/mol. The van der Waals surface area contributed by atoms with E-state index in [4.69, 9.17) is 18.6 Å². The summed E-state index contributed by atoms with van der Waals surface area (Å²) in [5.41, 5.74) is 3.23. The summed E-state index contributed by atoms with van der Waals surface area (Å²) in [7, 11) is 4.69. The van der Waals surface area contributed by atoms with Crippen molar-refractivity contribution in [2.45, 2.75) is 43.5 Å². The Labute approximate surface area is 184 Å². The molecule has 0 saturated heterocycles. The highest BCUT2D eigenvalue weighted by Crippen LogP contribution is 2.41. The monoisotopic (exact) mass is 443 g/mol. The number of aromatic amines is 1. The van der Waals surface area contributed by atoms with Gasteiger partial charge >= 0.3 is 0 Å². The second-order valence-corrected chi connectivity index (χ2v) is 8.19. The Bertz CT molecular complexity index is 1130. The van der Waals surface area contributed by atoms with Crippen molar-refractivity contribution in [3.63, 3.8) is 0 Å². The summed E-state index contributed by atoms with van der Waals surface area (Å²) in [5.74, 6) is 3.26. The molecule has 9 heteroatoms. The number of nitrogens with zero attached hydrogens (tertiary/aromatic N) is 2. The summed E-state index contributed by atoms with van der Waals surface area (Å²) in [6.07, 6.45) is 3.80. The quantitative estimate of drug-likeness (QED) is 0.433. The molecule has 2 aromatic heterocycles. The van der Waals surface area contributed by atoms with E-state index in [1.54, 1.807) is 33.5 Å². The first-order valence-corrected chi connectivity index (χ1v) is 11.0. The highest BCUT2D eigenvalue weighted by Gasteiger charge is 2.19. The van der Waals surface area contributed by atoms with Crippen molar-refractivity contribution >= 4 is 11.8 Å². The number of oxazole rings is 1. The molecule has 3 aromatic rings. The zero-order valence-electron chi connectivity index (χ0n) is 18.0. The first kappa shape index (κ1) is 21.3. The van der Waals surface area contributed by atoms with Crippen molar-refractivity contribution in [3.05, 3.63) is 45.2 Å². The van der Waals surface area contributed by atoms with Crippen LogP contribution in [-0.2, 0) is 18.6 Å². The van der Waals surface area contributed by atoms with Crippen LogP contribution in [0, 0.1) is 6.92 Å². The number of hydrogen-bond acceptors (Lipinski definition) is 8. The molecule has 0 bridgehead atoms. The fourth-order valence-electron chi connectivity index (χ4n) is 3.68. The smallest absolute Gasteiger partial charge is 0.254 e. The Morgan fingerprint density at radius 1 is 1.06 bits per heavy atom. The summed E-state index contributed by atoms with van der Waals surface area (Å²) in [6, 6.07) is 3.60. The minimum Gasteiger partial charge on any atom is -0.493 e. The lowest BCUT2D eigenvalue weighted by Gasteiger charge is -2.14. The molecule has 1 aliphatic carbocycles. The maximum Gasteiger partial charge on any atom is 0.254 e. The standard InChI is InChI=1S/C22H25N3O5S/c1-12-16(11-31-22-24-15-8-6-5-7-14(15)20(26)25-22)23-21(30-12)13-9-17(27-2)19(29-4)18(10-13)28-3/h9-10H,5-8,11H2,1-4H3,(H,24,25,26). The van der Waals surface area contributed by atoms with Crippen molar-refractivity contribution in [1.82, 2.24) is 15.0 Å². The molecular weight excluding hydrogens is 418 g/mol. The van der Waals surface area contributed by atoms with Crippen LogP contribution < -0.4 is 19.8 Å². The van der Waals surface area contributed by atoms with Crippen LogP contribution in [0.25, 0.3) is 11.5 Å². The van der Waals surface area contributed by atoms with Crippen molar-refractivity contribution in [1.29, 1.82) is 0 Å². The normalized spacial score (nSPS) is 13.0. The molecule has 164 valence electrons. The summed E-state index contributed by atoms with van der Waals surface area (Å²) in [5, 5.41) is 0.613. The van der Waals surface area contributed by atoms with Gasteiger partial charge in [0.25, 0.3) is 5.56 Å². The van der Waals surface area contributed by atoms with Gasteiger partial charge in [-0.05, 0) is 44.7 Å². The predicted octanol–water partition coefficient (Wildman–Crippen LogP) is 3.93. The zero-order valence-corrected chi connectivity index (χ0v) is 18.9. The van der Waals surface area contributed by atoms with Crippen molar-refractivity contribution in [2.24, 2.45) is 0 Å². The largest absolute Gasteiger partial charge is 0.493 e. The molecule has 0 amide bonds. The first-order chi connectivity index (χ1) is 15.0. The Balaban J connectivity index is 1.58. The number of methoxy groups -OCH3 is 3. The van der Waals surface area contributed by atoms with Crippen LogP contribution in [0.2, 0.25) is 0 Å². The third-order valence-corrected chi connectivity index (χ3v) is 6.20. The Hall–Kier alpha value is -2.94. The maximum atomic E-state index is 12.3. The molecule has 0 unspecified atom stereocenters. The molecule has 1 N–H and O–H groups in total. The van der Waals surface area contributed by atoms with E-state index in [-0.39, 0.29) is 5.56 Å². The number of ether oxygens (including phenoxy) is 3. The zero-order chi connectivity index (χ0) is 22.0. The highest BCUT2D eigenvalue weighted by molar-refractivity contribution is 7.98. The van der Waals surface area contributed by atoms with Gasteiger partial charge in [-0.3, -0.25) is 4.79 Å². The number of H-pyrrole nitrogens is 1. The third-order valence-electron chi connectivity index (χ3n) is 5.32. The molecule has 31 heavy (non-hydrogen) atoms. The lowest BCUT2D eigenvalue weighted by Crippen LogP contribution is -2.21. The molecular formula is C22H25N3O5S. The second kappa shape index (κ2) is 9.05. The van der Waals surface area contributed by atoms with Crippen LogP contribution in [0.4, 0.5) is 0 Å². The van der Waals surface area contributed by atoms with Crippen LogP contribution in [0.15, 0.2) is 26.5 Å². The van der Waals surface area contributed by atoms with Crippen LogP contribution in [0.3, 0.4) is 0 Å². The number of nitrogens with one attached hydrogen (secondary N) is 1. The van der Waals surface area contributed by atoms with Gasteiger partial charge in [-0.15, -0.1) is 0 Å². The summed E-state index contributed by atoms with van der Waals surface area (Å²) >= 11 is 1.45. The SMILES string of the molecule is COc1cc(-c2nc(CSc3nc4c(c(=O)[nH]3)CCCC4)c(C)o2)cc(OC)c1OC. The molecule has 0 saturated carbocycles. The molecule has 0 atom stereocenters. The average Bonchev–Trinajstić information content (AvgIpc) is 3.17. The van der Waals surface area contributed by atoms with Crippen molar-refractivity contribution < 1.29 is 18.6 Å². The van der Waals surface area contributed by atoms with Gasteiger partial charge in [0.2, 0.25) is 11.6 Å². The third kappa shape index (κ3) is 4.27. The molecule has 2 heterocycles. The van der Waals surface area contributed by atoms with E-state index in [2.05, 4.69) is 15.0 Å². The molecule has 1 aliphatic rings. The predicted molar refractivity (Wildman–Crippen MR) is 117 cm³/mol. The number of thioether (sulfide) groups is 1. The van der Waals surface area contributed by atoms with E-state index in [9.17, 15) is 4.79 Å². The molecule has 8 nitrogen and oxygen atoms in total. The molecule has 0 radical (unpaired) electrons. The Morgan fingerprint density at radius 2 is 1.77 bits per heavy atom. The molecule has 1 aromatic carbocycles. The van der Waals surface area contributed by atoms with Gasteiger partial charge < -0.3 is 23.6 Å². The molecule has 0 aliphatic heterocycles. The fourth-order valence-corrected chi connectivity index (χ4v) is 4.56. The molecule has 0 spiro atoms. The van der Waals surface area contributed by atoms with E-state index < -0.39 is 0 Å². The van der Waals surface area contributed by atoms with Gasteiger partial charge in [0, 0.05) is 16.9 Å². The summed E-state index contributed by atoms with van der Waals surface area (Å²) in [4.78, 5) is 24.5. The number of hydrogen-bond donors (Lipinski definition) is 1. The van der Waals surface area contributed by atoms with E-state index in [1.807, 2.05) is 6.92 Å². The number of fused-ring (bicyclic) bond motifs is 1. The van der Waals surface area contributed by atoms with Gasteiger partial charge in [-0.1, -0.05) is 11.8 Å². The van der Waals surface area contributed by atoms with E-state index in [0.29, 0.717) is 45.4 Å².